The highest BCUT2D eigenvalue weighted by Crippen LogP contribution is 2.45. The molecule has 0 saturated carbocycles. The van der Waals surface area contributed by atoms with Gasteiger partial charge in [-0.05, 0) is 53.9 Å². The molecule has 8 heteroatoms. The summed E-state index contributed by atoms with van der Waals surface area (Å²) in [5.74, 6) is -1.43. The number of likely N-dealkylation sites (tertiary alicyclic amines) is 1. The monoisotopic (exact) mass is 491 g/mol. The van der Waals surface area contributed by atoms with Crippen molar-refractivity contribution in [3.63, 3.8) is 0 Å². The molecule has 1 amide bonds. The molecule has 36 heavy (non-hydrogen) atoms. The lowest BCUT2D eigenvalue weighted by atomic mass is 9.94. The van der Waals surface area contributed by atoms with E-state index >= 15 is 0 Å². The minimum Gasteiger partial charge on any atom is -0.507 e. The quantitative estimate of drug-likeness (QED) is 0.283. The van der Waals surface area contributed by atoms with Crippen molar-refractivity contribution in [2.45, 2.75) is 12.5 Å². The van der Waals surface area contributed by atoms with Crippen molar-refractivity contribution in [3.05, 3.63) is 94.8 Å². The largest absolute Gasteiger partial charge is 0.507 e. The van der Waals surface area contributed by atoms with E-state index in [2.05, 4.69) is 0 Å². The van der Waals surface area contributed by atoms with Gasteiger partial charge in [-0.25, -0.2) is 4.39 Å². The first-order valence-corrected chi connectivity index (χ1v) is 11.3. The number of nitrogens with zero attached hydrogens (tertiary/aromatic N) is 1. The molecule has 1 unspecified atom stereocenters. The van der Waals surface area contributed by atoms with Crippen LogP contribution in [-0.4, -0.2) is 49.6 Å². The Hall–Kier alpha value is -4.33. The first-order valence-electron chi connectivity index (χ1n) is 11.3. The highest BCUT2D eigenvalue weighted by Gasteiger charge is 2.46. The topological polar surface area (TPSA) is 85.3 Å². The minimum absolute atomic E-state index is 0.103. The molecule has 1 N–H and O–H groups in total. The van der Waals surface area contributed by atoms with Gasteiger partial charge in [0.1, 0.15) is 11.6 Å². The molecule has 7 nitrogen and oxygen atoms in total. The van der Waals surface area contributed by atoms with Gasteiger partial charge in [-0.2, -0.15) is 0 Å². The Kier molecular flexibility index (Phi) is 7.24. The SMILES string of the molecule is COc1cc(C2C(=C(O)c3ccc(F)cc3)C(=O)C(=O)N2CCc2ccccc2)cc(OC)c1OC. The van der Waals surface area contributed by atoms with E-state index < -0.39 is 29.3 Å². The molecule has 1 atom stereocenters. The van der Waals surface area contributed by atoms with Gasteiger partial charge in [-0.3, -0.25) is 9.59 Å². The number of benzene rings is 3. The van der Waals surface area contributed by atoms with Crippen LogP contribution in [0.1, 0.15) is 22.7 Å². The average molecular weight is 492 g/mol. The first kappa shape index (κ1) is 24.8. The second-order valence-corrected chi connectivity index (χ2v) is 8.19. The third-order valence-electron chi connectivity index (χ3n) is 6.14. The van der Waals surface area contributed by atoms with E-state index in [9.17, 15) is 19.1 Å². The summed E-state index contributed by atoms with van der Waals surface area (Å²) < 4.78 is 29.9. The number of Topliss-reactive ketones (excluding diaryl/α,β-unsaturated/α-hetero) is 1. The number of methoxy groups -OCH3 is 3. The number of ether oxygens (including phenoxy) is 3. The smallest absolute Gasteiger partial charge is 0.295 e. The number of hydrogen-bond donors (Lipinski definition) is 1. The summed E-state index contributed by atoms with van der Waals surface area (Å²) in [5, 5.41) is 11.2. The molecule has 0 radical (unpaired) electrons. The fourth-order valence-electron chi connectivity index (χ4n) is 4.37. The van der Waals surface area contributed by atoms with E-state index in [0.717, 1.165) is 5.56 Å². The summed E-state index contributed by atoms with van der Waals surface area (Å²) in [6.45, 7) is 0.218. The lowest BCUT2D eigenvalue weighted by Gasteiger charge is -2.26. The zero-order valence-electron chi connectivity index (χ0n) is 20.2. The highest BCUT2D eigenvalue weighted by atomic mass is 19.1. The van der Waals surface area contributed by atoms with Gasteiger partial charge in [0.05, 0.1) is 32.9 Å². The summed E-state index contributed by atoms with van der Waals surface area (Å²) in [7, 11) is 4.40. The van der Waals surface area contributed by atoms with Gasteiger partial charge in [0.25, 0.3) is 11.7 Å². The summed E-state index contributed by atoms with van der Waals surface area (Å²) in [6, 6.07) is 17.0. The van der Waals surface area contributed by atoms with E-state index in [1.165, 1.54) is 50.5 Å². The number of rotatable bonds is 8. The van der Waals surface area contributed by atoms with E-state index in [1.807, 2.05) is 30.3 Å². The summed E-state index contributed by atoms with van der Waals surface area (Å²) in [4.78, 5) is 27.9. The second kappa shape index (κ2) is 10.5. The Balaban J connectivity index is 1.88. The molecule has 0 aliphatic carbocycles. The van der Waals surface area contributed by atoms with Crippen LogP contribution in [0.4, 0.5) is 4.39 Å². The zero-order valence-corrected chi connectivity index (χ0v) is 20.2. The van der Waals surface area contributed by atoms with Gasteiger partial charge in [0.2, 0.25) is 5.75 Å². The maximum absolute atomic E-state index is 13.5. The summed E-state index contributed by atoms with van der Waals surface area (Å²) in [5.41, 5.74) is 1.59. The van der Waals surface area contributed by atoms with Crippen LogP contribution >= 0.6 is 0 Å². The number of carbonyl (C=O) groups is 2. The molecule has 186 valence electrons. The van der Waals surface area contributed by atoms with E-state index in [1.54, 1.807) is 12.1 Å². The fourth-order valence-corrected chi connectivity index (χ4v) is 4.37. The molecule has 1 aliphatic heterocycles. The highest BCUT2D eigenvalue weighted by molar-refractivity contribution is 6.46. The predicted octanol–water partition coefficient (Wildman–Crippen LogP) is 4.52. The number of halogens is 1. The average Bonchev–Trinajstić information content (AvgIpc) is 3.16. The summed E-state index contributed by atoms with van der Waals surface area (Å²) >= 11 is 0. The van der Waals surface area contributed by atoms with Crippen molar-refractivity contribution in [3.8, 4) is 17.2 Å². The summed E-state index contributed by atoms with van der Waals surface area (Å²) in [6.07, 6.45) is 0.491. The van der Waals surface area contributed by atoms with Gasteiger partial charge in [0, 0.05) is 12.1 Å². The zero-order chi connectivity index (χ0) is 25.8. The number of aliphatic hydroxyl groups excluding tert-OH is 1. The molecular weight excluding hydrogens is 465 g/mol. The molecule has 1 fully saturated rings. The van der Waals surface area contributed by atoms with Crippen LogP contribution in [0.15, 0.2) is 72.3 Å². The van der Waals surface area contributed by atoms with Crippen LogP contribution in [0, 0.1) is 5.82 Å². The van der Waals surface area contributed by atoms with Gasteiger partial charge in [-0.1, -0.05) is 30.3 Å². The van der Waals surface area contributed by atoms with Gasteiger partial charge < -0.3 is 24.2 Å². The molecule has 0 bridgehead atoms. The van der Waals surface area contributed by atoms with Crippen LogP contribution in [-0.2, 0) is 16.0 Å². The van der Waals surface area contributed by atoms with Gasteiger partial charge in [0.15, 0.2) is 11.5 Å². The molecule has 4 rings (SSSR count). The fraction of sp³-hybridized carbons (Fsp3) is 0.214. The van der Waals surface area contributed by atoms with Crippen molar-refractivity contribution in [1.29, 1.82) is 0 Å². The van der Waals surface area contributed by atoms with Gasteiger partial charge in [-0.15, -0.1) is 0 Å². The Morgan fingerprint density at radius 1 is 0.917 bits per heavy atom. The van der Waals surface area contributed by atoms with Crippen LogP contribution in [0.5, 0.6) is 17.2 Å². The Morgan fingerprint density at radius 3 is 2.08 bits per heavy atom. The van der Waals surface area contributed by atoms with Crippen molar-refractivity contribution < 1.29 is 33.3 Å². The lowest BCUT2D eigenvalue weighted by Crippen LogP contribution is -2.31. The Bertz CT molecular complexity index is 1280. The lowest BCUT2D eigenvalue weighted by molar-refractivity contribution is -0.139. The molecule has 0 aromatic heterocycles. The van der Waals surface area contributed by atoms with E-state index in [4.69, 9.17) is 14.2 Å². The standard InChI is InChI=1S/C28H26FNO6/c1-34-21-15-19(16-22(35-2)27(21)36-3)24-23(25(31)18-9-11-20(29)12-10-18)26(32)28(33)30(24)14-13-17-7-5-4-6-8-17/h4-12,15-16,24,31H,13-14H2,1-3H3. The normalized spacial score (nSPS) is 16.8. The molecule has 1 saturated heterocycles. The maximum atomic E-state index is 13.5. The maximum Gasteiger partial charge on any atom is 0.295 e. The van der Waals surface area contributed by atoms with Crippen LogP contribution < -0.4 is 14.2 Å². The molecule has 0 spiro atoms. The predicted molar refractivity (Wildman–Crippen MR) is 132 cm³/mol. The molecule has 1 heterocycles. The number of carbonyl (C=O) groups excluding carboxylic acids is 2. The van der Waals surface area contributed by atoms with Crippen LogP contribution in [0.25, 0.3) is 5.76 Å². The number of amides is 1. The van der Waals surface area contributed by atoms with Crippen molar-refractivity contribution in [2.75, 3.05) is 27.9 Å². The van der Waals surface area contributed by atoms with Crippen LogP contribution in [0.3, 0.4) is 0 Å². The van der Waals surface area contributed by atoms with E-state index in [-0.39, 0.29) is 17.7 Å². The number of ketones is 1. The van der Waals surface area contributed by atoms with Gasteiger partial charge >= 0.3 is 0 Å². The first-order chi connectivity index (χ1) is 17.4. The number of hydrogen-bond acceptors (Lipinski definition) is 6. The molecular formula is C28H26FNO6. The molecule has 3 aromatic carbocycles. The minimum atomic E-state index is -0.938. The van der Waals surface area contributed by atoms with Crippen LogP contribution in [0.2, 0.25) is 0 Å². The third kappa shape index (κ3) is 4.62. The molecule has 3 aromatic rings. The van der Waals surface area contributed by atoms with Crippen molar-refractivity contribution >= 4 is 17.4 Å². The van der Waals surface area contributed by atoms with Crippen molar-refractivity contribution in [1.82, 2.24) is 4.90 Å². The van der Waals surface area contributed by atoms with E-state index in [0.29, 0.717) is 29.2 Å². The van der Waals surface area contributed by atoms with Crippen molar-refractivity contribution in [2.24, 2.45) is 0 Å². The Labute approximate surface area is 208 Å². The third-order valence-corrected chi connectivity index (χ3v) is 6.14. The number of aliphatic hydroxyl groups is 1. The molecule has 1 aliphatic rings. The second-order valence-electron chi connectivity index (χ2n) is 8.19. The Morgan fingerprint density at radius 2 is 1.53 bits per heavy atom.